The van der Waals surface area contributed by atoms with Crippen LogP contribution in [0.4, 0.5) is 0 Å². The van der Waals surface area contributed by atoms with Crippen LogP contribution < -0.4 is 5.32 Å². The Balaban J connectivity index is 1.76. The zero-order chi connectivity index (χ0) is 12.1. The first-order chi connectivity index (χ1) is 8.25. The smallest absolute Gasteiger partial charge is 0.213 e. The van der Waals surface area contributed by atoms with Gasteiger partial charge < -0.3 is 20.1 Å². The molecule has 2 aromatic rings. The fourth-order valence-electron chi connectivity index (χ4n) is 1.41. The molecular formula is C11H13N3O3. The molecule has 1 aromatic carbocycles. The molecule has 1 heterocycles. The summed E-state index contributed by atoms with van der Waals surface area (Å²) in [4.78, 5) is 3.90. The topological polar surface area (TPSA) is 91.4 Å². The molecule has 0 saturated heterocycles. The van der Waals surface area contributed by atoms with E-state index < -0.39 is 0 Å². The van der Waals surface area contributed by atoms with Gasteiger partial charge >= 0.3 is 0 Å². The van der Waals surface area contributed by atoms with Crippen molar-refractivity contribution in [1.29, 1.82) is 0 Å². The van der Waals surface area contributed by atoms with Crippen LogP contribution in [-0.2, 0) is 13.0 Å². The van der Waals surface area contributed by atoms with Gasteiger partial charge in [0.05, 0.1) is 0 Å². The highest BCUT2D eigenvalue weighted by atomic mass is 16.5. The number of aromatic hydroxyl groups is 2. The molecule has 2 rings (SSSR count). The Hall–Kier alpha value is -2.08. The molecule has 1 aromatic heterocycles. The number of aromatic nitrogens is 2. The zero-order valence-corrected chi connectivity index (χ0v) is 9.13. The Morgan fingerprint density at radius 2 is 2.12 bits per heavy atom. The minimum absolute atomic E-state index is 0.109. The van der Waals surface area contributed by atoms with Crippen LogP contribution in [0.5, 0.6) is 11.5 Å². The number of hydrogen-bond donors (Lipinski definition) is 3. The Morgan fingerprint density at radius 1 is 1.24 bits per heavy atom. The molecule has 6 heteroatoms. The van der Waals surface area contributed by atoms with E-state index in [0.29, 0.717) is 25.3 Å². The fourth-order valence-corrected chi connectivity index (χ4v) is 1.41. The van der Waals surface area contributed by atoms with E-state index in [0.717, 1.165) is 5.56 Å². The van der Waals surface area contributed by atoms with Gasteiger partial charge in [0.25, 0.3) is 0 Å². The summed E-state index contributed by atoms with van der Waals surface area (Å²) in [5.41, 5.74) is 0.897. The molecule has 6 nitrogen and oxygen atoms in total. The number of phenols is 2. The number of phenolic OH excluding ortho intramolecular Hbond substituents is 2. The Morgan fingerprint density at radius 3 is 2.82 bits per heavy atom. The number of benzene rings is 1. The Kier molecular flexibility index (Phi) is 3.56. The van der Waals surface area contributed by atoms with E-state index in [1.54, 1.807) is 6.07 Å². The van der Waals surface area contributed by atoms with Crippen LogP contribution in [0.15, 0.2) is 29.1 Å². The van der Waals surface area contributed by atoms with Crippen LogP contribution in [0.3, 0.4) is 0 Å². The van der Waals surface area contributed by atoms with Gasteiger partial charge in [0.2, 0.25) is 6.39 Å². The molecule has 0 aliphatic heterocycles. The average Bonchev–Trinajstić information content (AvgIpc) is 2.82. The third kappa shape index (κ3) is 3.18. The number of nitrogens with one attached hydrogen (secondary N) is 1. The molecule has 0 saturated carbocycles. The van der Waals surface area contributed by atoms with E-state index in [9.17, 15) is 5.11 Å². The van der Waals surface area contributed by atoms with Crippen LogP contribution in [0.1, 0.15) is 11.4 Å². The average molecular weight is 235 g/mol. The van der Waals surface area contributed by atoms with Crippen LogP contribution >= 0.6 is 0 Å². The third-order valence-electron chi connectivity index (χ3n) is 2.30. The van der Waals surface area contributed by atoms with Crippen LogP contribution in [-0.4, -0.2) is 26.9 Å². The van der Waals surface area contributed by atoms with Gasteiger partial charge in [0, 0.05) is 19.5 Å². The SMILES string of the molecule is Oc1ccc(CNCCc2ncon2)cc1O. The molecule has 17 heavy (non-hydrogen) atoms. The lowest BCUT2D eigenvalue weighted by atomic mass is 10.2. The first-order valence-corrected chi connectivity index (χ1v) is 5.22. The standard InChI is InChI=1S/C11H13N3O3/c15-9-2-1-8(5-10(9)16)6-12-4-3-11-13-7-17-14-11/h1-2,5,7,12,15-16H,3-4,6H2. The maximum Gasteiger partial charge on any atom is 0.213 e. The van der Waals surface area contributed by atoms with Gasteiger partial charge in [-0.3, -0.25) is 0 Å². The van der Waals surface area contributed by atoms with Crippen LogP contribution in [0.2, 0.25) is 0 Å². The minimum atomic E-state index is -0.111. The number of nitrogens with zero attached hydrogens (tertiary/aromatic N) is 2. The van der Waals surface area contributed by atoms with Gasteiger partial charge in [-0.25, -0.2) is 0 Å². The third-order valence-corrected chi connectivity index (χ3v) is 2.30. The van der Waals surface area contributed by atoms with Crippen molar-refractivity contribution < 1.29 is 14.7 Å². The summed E-state index contributed by atoms with van der Waals surface area (Å²) < 4.78 is 4.61. The van der Waals surface area contributed by atoms with Gasteiger partial charge in [0.1, 0.15) is 0 Å². The highest BCUT2D eigenvalue weighted by Gasteiger charge is 2.01. The van der Waals surface area contributed by atoms with E-state index in [2.05, 4.69) is 20.0 Å². The van der Waals surface area contributed by atoms with E-state index in [4.69, 9.17) is 5.11 Å². The molecule has 90 valence electrons. The molecule has 0 atom stereocenters. The largest absolute Gasteiger partial charge is 0.504 e. The molecule has 3 N–H and O–H groups in total. The quantitative estimate of drug-likeness (QED) is 0.525. The molecular weight excluding hydrogens is 222 g/mol. The molecule has 0 fully saturated rings. The van der Waals surface area contributed by atoms with E-state index >= 15 is 0 Å². The maximum absolute atomic E-state index is 9.30. The first-order valence-electron chi connectivity index (χ1n) is 5.22. The molecule has 0 aliphatic rings. The lowest BCUT2D eigenvalue weighted by molar-refractivity contribution is 0.403. The summed E-state index contributed by atoms with van der Waals surface area (Å²) in [6.45, 7) is 1.31. The summed E-state index contributed by atoms with van der Waals surface area (Å²) >= 11 is 0. The van der Waals surface area contributed by atoms with Crippen molar-refractivity contribution >= 4 is 0 Å². The molecule has 0 bridgehead atoms. The summed E-state index contributed by atoms with van der Waals surface area (Å²) in [7, 11) is 0. The summed E-state index contributed by atoms with van der Waals surface area (Å²) in [5, 5.41) is 25.3. The van der Waals surface area contributed by atoms with Crippen LogP contribution in [0, 0.1) is 0 Å². The number of rotatable bonds is 5. The monoisotopic (exact) mass is 235 g/mol. The summed E-state index contributed by atoms with van der Waals surface area (Å²) in [6, 6.07) is 4.73. The van der Waals surface area contributed by atoms with Crippen molar-refractivity contribution in [3.63, 3.8) is 0 Å². The summed E-state index contributed by atoms with van der Waals surface area (Å²) in [5.74, 6) is 0.439. The molecule has 0 radical (unpaired) electrons. The normalized spacial score (nSPS) is 10.6. The lowest BCUT2D eigenvalue weighted by Crippen LogP contribution is -2.17. The van der Waals surface area contributed by atoms with Gasteiger partial charge in [0.15, 0.2) is 17.3 Å². The first kappa shape index (κ1) is 11.4. The highest BCUT2D eigenvalue weighted by Crippen LogP contribution is 2.24. The highest BCUT2D eigenvalue weighted by molar-refractivity contribution is 5.40. The van der Waals surface area contributed by atoms with Gasteiger partial charge in [-0.2, -0.15) is 4.98 Å². The van der Waals surface area contributed by atoms with Crippen LogP contribution in [0.25, 0.3) is 0 Å². The van der Waals surface area contributed by atoms with Crippen molar-refractivity contribution in [2.45, 2.75) is 13.0 Å². The number of hydrogen-bond acceptors (Lipinski definition) is 6. The molecule has 0 amide bonds. The van der Waals surface area contributed by atoms with Gasteiger partial charge in [-0.05, 0) is 17.7 Å². The molecule has 0 spiro atoms. The second-order valence-corrected chi connectivity index (χ2v) is 3.60. The fraction of sp³-hybridized carbons (Fsp3) is 0.273. The zero-order valence-electron chi connectivity index (χ0n) is 9.13. The Bertz CT molecular complexity index is 471. The van der Waals surface area contributed by atoms with Crippen molar-refractivity contribution in [2.24, 2.45) is 0 Å². The van der Waals surface area contributed by atoms with E-state index in [-0.39, 0.29) is 11.5 Å². The van der Waals surface area contributed by atoms with E-state index in [1.807, 2.05) is 0 Å². The lowest BCUT2D eigenvalue weighted by Gasteiger charge is -2.04. The molecule has 0 aliphatic carbocycles. The summed E-state index contributed by atoms with van der Waals surface area (Å²) in [6.07, 6.45) is 1.98. The van der Waals surface area contributed by atoms with Crippen molar-refractivity contribution in [1.82, 2.24) is 15.5 Å². The molecule has 0 unspecified atom stereocenters. The second kappa shape index (κ2) is 5.31. The van der Waals surface area contributed by atoms with Gasteiger partial charge in [-0.1, -0.05) is 11.2 Å². The maximum atomic E-state index is 9.30. The van der Waals surface area contributed by atoms with Crippen molar-refractivity contribution in [3.8, 4) is 11.5 Å². The van der Waals surface area contributed by atoms with E-state index in [1.165, 1.54) is 18.5 Å². The predicted molar refractivity (Wildman–Crippen MR) is 59.5 cm³/mol. The van der Waals surface area contributed by atoms with Crippen molar-refractivity contribution in [3.05, 3.63) is 36.0 Å². The predicted octanol–water partition coefficient (Wildman–Crippen LogP) is 0.813. The minimum Gasteiger partial charge on any atom is -0.504 e. The Labute approximate surface area is 97.9 Å². The van der Waals surface area contributed by atoms with Crippen molar-refractivity contribution in [2.75, 3.05) is 6.54 Å². The van der Waals surface area contributed by atoms with Gasteiger partial charge in [-0.15, -0.1) is 0 Å². The second-order valence-electron chi connectivity index (χ2n) is 3.60.